The van der Waals surface area contributed by atoms with Crippen molar-refractivity contribution < 1.29 is 8.91 Å². The second-order valence-electron chi connectivity index (χ2n) is 5.22. The van der Waals surface area contributed by atoms with Crippen LogP contribution in [0.2, 0.25) is 0 Å². The number of rotatable bonds is 5. The summed E-state index contributed by atoms with van der Waals surface area (Å²) in [6.45, 7) is 6.85. The smallest absolute Gasteiger partial charge is 0.246 e. The van der Waals surface area contributed by atoms with E-state index >= 15 is 0 Å². The maximum atomic E-state index is 12.9. The van der Waals surface area contributed by atoms with Gasteiger partial charge < -0.3 is 15.2 Å². The third-order valence-electron chi connectivity index (χ3n) is 2.94. The summed E-state index contributed by atoms with van der Waals surface area (Å²) in [6.07, 6.45) is 0. The molecule has 0 radical (unpaired) electrons. The number of anilines is 1. The molecule has 108 valence electrons. The molecule has 0 aliphatic carbocycles. The van der Waals surface area contributed by atoms with E-state index in [0.717, 1.165) is 12.2 Å². The topological polar surface area (TPSA) is 68.2 Å². The minimum atomic E-state index is -0.630. The van der Waals surface area contributed by atoms with Crippen molar-refractivity contribution >= 4 is 5.69 Å². The largest absolute Gasteiger partial charge is 0.362 e. The molecule has 20 heavy (non-hydrogen) atoms. The van der Waals surface area contributed by atoms with E-state index in [1.54, 1.807) is 12.1 Å². The fourth-order valence-electron chi connectivity index (χ4n) is 1.78. The van der Waals surface area contributed by atoms with Gasteiger partial charge in [-0.2, -0.15) is 4.98 Å². The maximum absolute atomic E-state index is 12.9. The number of halogens is 1. The summed E-state index contributed by atoms with van der Waals surface area (Å²) in [6, 6.07) is 6.31. The molecule has 1 heterocycles. The summed E-state index contributed by atoms with van der Waals surface area (Å²) in [5.41, 5.74) is 6.19. The molecule has 0 aliphatic rings. The molecule has 0 saturated heterocycles. The van der Waals surface area contributed by atoms with Gasteiger partial charge in [-0.1, -0.05) is 5.16 Å². The third kappa shape index (κ3) is 3.33. The normalized spacial score (nSPS) is 11.7. The summed E-state index contributed by atoms with van der Waals surface area (Å²) in [5.74, 6) is 0.710. The molecule has 0 aliphatic heterocycles. The molecule has 0 bridgehead atoms. The monoisotopic (exact) mass is 278 g/mol. The Hall–Kier alpha value is -1.95. The molecule has 0 unspecified atom stereocenters. The molecule has 2 N–H and O–H groups in total. The van der Waals surface area contributed by atoms with Gasteiger partial charge in [0.15, 0.2) is 5.82 Å². The van der Waals surface area contributed by atoms with Gasteiger partial charge in [0.1, 0.15) is 5.82 Å². The van der Waals surface area contributed by atoms with Crippen molar-refractivity contribution in [2.24, 2.45) is 5.73 Å². The zero-order valence-corrected chi connectivity index (χ0v) is 11.9. The van der Waals surface area contributed by atoms with Crippen molar-refractivity contribution in [3.8, 4) is 0 Å². The van der Waals surface area contributed by atoms with Gasteiger partial charge in [-0.15, -0.1) is 0 Å². The predicted molar refractivity (Wildman–Crippen MR) is 74.6 cm³/mol. The minimum Gasteiger partial charge on any atom is -0.362 e. The maximum Gasteiger partial charge on any atom is 0.246 e. The van der Waals surface area contributed by atoms with Crippen molar-refractivity contribution in [3.63, 3.8) is 0 Å². The van der Waals surface area contributed by atoms with Crippen LogP contribution in [-0.4, -0.2) is 16.7 Å². The Labute approximate surface area is 117 Å². The van der Waals surface area contributed by atoms with Gasteiger partial charge in [0, 0.05) is 12.2 Å². The zero-order valence-electron chi connectivity index (χ0n) is 11.9. The van der Waals surface area contributed by atoms with Crippen LogP contribution in [-0.2, 0) is 12.1 Å². The van der Waals surface area contributed by atoms with Crippen LogP contribution in [0.15, 0.2) is 28.8 Å². The Bertz CT molecular complexity index is 559. The molecular weight excluding hydrogens is 259 g/mol. The summed E-state index contributed by atoms with van der Waals surface area (Å²) in [5, 5.41) is 3.88. The second-order valence-corrected chi connectivity index (χ2v) is 5.22. The summed E-state index contributed by atoms with van der Waals surface area (Å²) >= 11 is 0. The first kappa shape index (κ1) is 14.5. The molecule has 2 rings (SSSR count). The number of hydrogen-bond donors (Lipinski definition) is 1. The third-order valence-corrected chi connectivity index (χ3v) is 2.94. The van der Waals surface area contributed by atoms with Crippen molar-refractivity contribution in [3.05, 3.63) is 41.8 Å². The highest BCUT2D eigenvalue weighted by molar-refractivity contribution is 5.46. The van der Waals surface area contributed by atoms with Gasteiger partial charge in [0.2, 0.25) is 5.89 Å². The van der Waals surface area contributed by atoms with E-state index in [4.69, 9.17) is 10.3 Å². The highest BCUT2D eigenvalue weighted by Gasteiger charge is 2.22. The molecule has 0 amide bonds. The highest BCUT2D eigenvalue weighted by Crippen LogP contribution is 2.18. The molecule has 0 saturated carbocycles. The van der Waals surface area contributed by atoms with E-state index in [2.05, 4.69) is 10.1 Å². The van der Waals surface area contributed by atoms with Crippen LogP contribution in [0.3, 0.4) is 0 Å². The Morgan fingerprint density at radius 2 is 1.95 bits per heavy atom. The van der Waals surface area contributed by atoms with Crippen LogP contribution in [0.1, 0.15) is 32.5 Å². The average Bonchev–Trinajstić information content (AvgIpc) is 2.85. The first-order valence-electron chi connectivity index (χ1n) is 6.52. The molecule has 0 atom stereocenters. The predicted octanol–water partition coefficient (Wildman–Crippen LogP) is 2.43. The Balaban J connectivity index is 2.14. The van der Waals surface area contributed by atoms with Gasteiger partial charge in [0.25, 0.3) is 0 Å². The summed E-state index contributed by atoms with van der Waals surface area (Å²) < 4.78 is 18.2. The summed E-state index contributed by atoms with van der Waals surface area (Å²) in [7, 11) is 0. The van der Waals surface area contributed by atoms with E-state index < -0.39 is 5.54 Å². The fraction of sp³-hybridized carbons (Fsp3) is 0.429. The lowest BCUT2D eigenvalue weighted by Gasteiger charge is -2.20. The van der Waals surface area contributed by atoms with E-state index in [1.165, 1.54) is 12.1 Å². The number of nitrogens with zero attached hydrogens (tertiary/aromatic N) is 3. The summed E-state index contributed by atoms with van der Waals surface area (Å²) in [4.78, 5) is 6.31. The minimum absolute atomic E-state index is 0.255. The lowest BCUT2D eigenvalue weighted by Crippen LogP contribution is -2.30. The molecule has 6 heteroatoms. The SMILES string of the molecule is CCN(Cc1nc(C(C)(C)N)no1)c1ccc(F)cc1. The molecule has 0 spiro atoms. The van der Waals surface area contributed by atoms with Gasteiger partial charge >= 0.3 is 0 Å². The second kappa shape index (κ2) is 5.58. The van der Waals surface area contributed by atoms with Crippen molar-refractivity contribution in [1.82, 2.24) is 10.1 Å². The van der Waals surface area contributed by atoms with Crippen molar-refractivity contribution in [2.45, 2.75) is 32.9 Å². The zero-order chi connectivity index (χ0) is 14.8. The number of hydrogen-bond acceptors (Lipinski definition) is 5. The Kier molecular flexibility index (Phi) is 4.04. The van der Waals surface area contributed by atoms with Gasteiger partial charge in [0.05, 0.1) is 12.1 Å². The first-order valence-corrected chi connectivity index (χ1v) is 6.52. The molecule has 0 fully saturated rings. The van der Waals surface area contributed by atoms with E-state index in [-0.39, 0.29) is 5.82 Å². The lowest BCUT2D eigenvalue weighted by atomic mass is 10.1. The molecule has 1 aromatic carbocycles. The molecule has 2 aromatic rings. The number of aromatic nitrogens is 2. The molecule has 1 aromatic heterocycles. The van der Waals surface area contributed by atoms with Crippen LogP contribution < -0.4 is 10.6 Å². The fourth-order valence-corrected chi connectivity index (χ4v) is 1.78. The molecule has 5 nitrogen and oxygen atoms in total. The number of benzene rings is 1. The van der Waals surface area contributed by atoms with E-state index in [0.29, 0.717) is 18.3 Å². The quantitative estimate of drug-likeness (QED) is 0.909. The van der Waals surface area contributed by atoms with Crippen LogP contribution in [0, 0.1) is 5.82 Å². The van der Waals surface area contributed by atoms with Crippen molar-refractivity contribution in [2.75, 3.05) is 11.4 Å². The van der Waals surface area contributed by atoms with E-state index in [1.807, 2.05) is 25.7 Å². The Morgan fingerprint density at radius 1 is 1.30 bits per heavy atom. The van der Waals surface area contributed by atoms with Crippen LogP contribution in [0.4, 0.5) is 10.1 Å². The number of nitrogens with two attached hydrogens (primary N) is 1. The van der Waals surface area contributed by atoms with Gasteiger partial charge in [-0.25, -0.2) is 4.39 Å². The van der Waals surface area contributed by atoms with Crippen LogP contribution in [0.25, 0.3) is 0 Å². The lowest BCUT2D eigenvalue weighted by molar-refractivity contribution is 0.359. The van der Waals surface area contributed by atoms with Crippen molar-refractivity contribution in [1.29, 1.82) is 0 Å². The standard InChI is InChI=1S/C14H19FN4O/c1-4-19(11-7-5-10(15)6-8-11)9-12-17-13(18-20-12)14(2,3)16/h5-8H,4,9,16H2,1-3H3. The molecular formula is C14H19FN4O. The first-order chi connectivity index (χ1) is 9.40. The highest BCUT2D eigenvalue weighted by atomic mass is 19.1. The van der Waals surface area contributed by atoms with Gasteiger partial charge in [-0.3, -0.25) is 0 Å². The van der Waals surface area contributed by atoms with Crippen LogP contribution >= 0.6 is 0 Å². The van der Waals surface area contributed by atoms with Gasteiger partial charge in [-0.05, 0) is 45.0 Å². The average molecular weight is 278 g/mol. The Morgan fingerprint density at radius 3 is 2.45 bits per heavy atom. The van der Waals surface area contributed by atoms with Crippen LogP contribution in [0.5, 0.6) is 0 Å². The van der Waals surface area contributed by atoms with E-state index in [9.17, 15) is 4.39 Å².